The number of carboxylic acids is 1. The Kier molecular flexibility index (Phi) is 6.60. The quantitative estimate of drug-likeness (QED) is 0.470. The van der Waals surface area contributed by atoms with E-state index in [1.54, 1.807) is 19.1 Å². The van der Waals surface area contributed by atoms with Crippen molar-refractivity contribution >= 4 is 5.97 Å². The van der Waals surface area contributed by atoms with E-state index in [0.717, 1.165) is 29.2 Å². The van der Waals surface area contributed by atoms with Gasteiger partial charge in [0.25, 0.3) is 0 Å². The van der Waals surface area contributed by atoms with Crippen molar-refractivity contribution in [2.24, 2.45) is 5.41 Å². The summed E-state index contributed by atoms with van der Waals surface area (Å²) < 4.78 is 0. The lowest BCUT2D eigenvalue weighted by Crippen LogP contribution is -2.28. The molecular formula is C20H26O3. The van der Waals surface area contributed by atoms with Gasteiger partial charge in [0.05, 0.1) is 6.10 Å². The van der Waals surface area contributed by atoms with Crippen molar-refractivity contribution in [1.82, 2.24) is 0 Å². The van der Waals surface area contributed by atoms with E-state index in [2.05, 4.69) is 25.7 Å². The Bertz CT molecular complexity index is 646. The largest absolute Gasteiger partial charge is 0.478 e. The number of hydrogen-bond donors (Lipinski definition) is 2. The molecule has 0 amide bonds. The molecule has 23 heavy (non-hydrogen) atoms. The van der Waals surface area contributed by atoms with Gasteiger partial charge in [-0.25, -0.2) is 4.79 Å². The van der Waals surface area contributed by atoms with Crippen LogP contribution in [0.2, 0.25) is 0 Å². The van der Waals surface area contributed by atoms with Crippen LogP contribution in [0.15, 0.2) is 46.6 Å². The number of carbonyl (C=O) groups is 1. The molecule has 3 nitrogen and oxygen atoms in total. The molecule has 0 unspecified atom stereocenters. The maximum absolute atomic E-state index is 10.5. The molecule has 0 aliphatic heterocycles. The fourth-order valence-electron chi connectivity index (χ4n) is 2.86. The zero-order chi connectivity index (χ0) is 17.6. The Morgan fingerprint density at radius 3 is 2.57 bits per heavy atom. The minimum atomic E-state index is -0.947. The molecule has 0 aromatic carbocycles. The average Bonchev–Trinajstić information content (AvgIpc) is 2.35. The van der Waals surface area contributed by atoms with E-state index in [9.17, 15) is 9.90 Å². The molecule has 1 atom stereocenters. The Balaban J connectivity index is 2.90. The van der Waals surface area contributed by atoms with Crippen LogP contribution in [0, 0.1) is 17.3 Å². The molecule has 0 bridgehead atoms. The minimum absolute atomic E-state index is 0.105. The monoisotopic (exact) mass is 314 g/mol. The van der Waals surface area contributed by atoms with Gasteiger partial charge in [-0.2, -0.15) is 0 Å². The number of carboxylic acid groups (broad SMARTS) is 1. The summed E-state index contributed by atoms with van der Waals surface area (Å²) in [6, 6.07) is 0. The molecule has 0 fully saturated rings. The second-order valence-electron chi connectivity index (χ2n) is 6.79. The molecule has 1 aliphatic carbocycles. The second-order valence-corrected chi connectivity index (χ2v) is 6.79. The molecule has 0 spiro atoms. The van der Waals surface area contributed by atoms with Gasteiger partial charge in [-0.1, -0.05) is 49.5 Å². The predicted molar refractivity (Wildman–Crippen MR) is 93.8 cm³/mol. The van der Waals surface area contributed by atoms with Crippen LogP contribution in [0.4, 0.5) is 0 Å². The van der Waals surface area contributed by atoms with Crippen LogP contribution < -0.4 is 0 Å². The van der Waals surface area contributed by atoms with Crippen LogP contribution in [0.5, 0.6) is 0 Å². The van der Waals surface area contributed by atoms with Crippen LogP contribution in [0.1, 0.15) is 47.5 Å². The van der Waals surface area contributed by atoms with Crippen molar-refractivity contribution in [3.05, 3.63) is 46.6 Å². The van der Waals surface area contributed by atoms with E-state index in [4.69, 9.17) is 5.11 Å². The Morgan fingerprint density at radius 1 is 1.35 bits per heavy atom. The van der Waals surface area contributed by atoms with Crippen LogP contribution in [-0.4, -0.2) is 22.3 Å². The first-order valence-electron chi connectivity index (χ1n) is 7.78. The van der Waals surface area contributed by atoms with Gasteiger partial charge in [0.2, 0.25) is 0 Å². The number of aliphatic carboxylic acids is 1. The predicted octanol–water partition coefficient (Wildman–Crippen LogP) is 4.02. The molecule has 3 heteroatoms. The summed E-state index contributed by atoms with van der Waals surface area (Å²) in [5.41, 5.74) is 3.75. The molecule has 0 aromatic rings. The van der Waals surface area contributed by atoms with Crippen molar-refractivity contribution < 1.29 is 15.0 Å². The maximum atomic E-state index is 10.5. The smallest absolute Gasteiger partial charge is 0.328 e. The number of allylic oxidation sites excluding steroid dienone is 6. The lowest BCUT2D eigenvalue weighted by atomic mass is 9.72. The van der Waals surface area contributed by atoms with Crippen molar-refractivity contribution in [3.63, 3.8) is 0 Å². The lowest BCUT2D eigenvalue weighted by molar-refractivity contribution is -0.131. The molecule has 2 N–H and O–H groups in total. The SMILES string of the molecule is CC(C#CC1=C(C)C[C@@H](O)CC1(C)C)=CC=CC(C)=CC(=O)O. The first kappa shape index (κ1) is 19.0. The summed E-state index contributed by atoms with van der Waals surface area (Å²) in [7, 11) is 0. The van der Waals surface area contributed by atoms with Gasteiger partial charge in [-0.15, -0.1) is 0 Å². The molecule has 0 saturated carbocycles. The van der Waals surface area contributed by atoms with Crippen LogP contribution in [0.25, 0.3) is 0 Å². The summed E-state index contributed by atoms with van der Waals surface area (Å²) >= 11 is 0. The van der Waals surface area contributed by atoms with Crippen molar-refractivity contribution in [3.8, 4) is 11.8 Å². The highest BCUT2D eigenvalue weighted by atomic mass is 16.4. The molecule has 124 valence electrons. The topological polar surface area (TPSA) is 57.5 Å². The zero-order valence-corrected chi connectivity index (χ0v) is 14.6. The molecule has 0 aromatic heterocycles. The fraction of sp³-hybridized carbons (Fsp3) is 0.450. The number of hydrogen-bond acceptors (Lipinski definition) is 2. The fourth-order valence-corrected chi connectivity index (χ4v) is 2.86. The van der Waals surface area contributed by atoms with Crippen LogP contribution in [-0.2, 0) is 4.79 Å². The first-order chi connectivity index (χ1) is 10.6. The summed E-state index contributed by atoms with van der Waals surface area (Å²) in [5.74, 6) is 5.46. The van der Waals surface area contributed by atoms with Gasteiger partial charge in [-0.3, -0.25) is 0 Å². The van der Waals surface area contributed by atoms with E-state index < -0.39 is 5.97 Å². The summed E-state index contributed by atoms with van der Waals surface area (Å²) in [5, 5.41) is 18.5. The summed E-state index contributed by atoms with van der Waals surface area (Å²) in [4.78, 5) is 10.5. The molecule has 0 heterocycles. The minimum Gasteiger partial charge on any atom is -0.478 e. The number of aliphatic hydroxyl groups excluding tert-OH is 1. The maximum Gasteiger partial charge on any atom is 0.328 e. The highest BCUT2D eigenvalue weighted by Gasteiger charge is 2.31. The van der Waals surface area contributed by atoms with E-state index in [-0.39, 0.29) is 11.5 Å². The van der Waals surface area contributed by atoms with Crippen molar-refractivity contribution in [1.29, 1.82) is 0 Å². The van der Waals surface area contributed by atoms with Crippen molar-refractivity contribution in [2.75, 3.05) is 0 Å². The lowest BCUT2D eigenvalue weighted by Gasteiger charge is -2.34. The van der Waals surface area contributed by atoms with Crippen LogP contribution >= 0.6 is 0 Å². The van der Waals surface area contributed by atoms with Gasteiger partial charge in [0.15, 0.2) is 0 Å². The van der Waals surface area contributed by atoms with Gasteiger partial charge >= 0.3 is 5.97 Å². The van der Waals surface area contributed by atoms with E-state index >= 15 is 0 Å². The average molecular weight is 314 g/mol. The zero-order valence-electron chi connectivity index (χ0n) is 14.6. The van der Waals surface area contributed by atoms with Gasteiger partial charge in [-0.05, 0) is 44.8 Å². The normalized spacial score (nSPS) is 22.1. The molecule has 0 saturated heterocycles. The number of rotatable bonds is 3. The third-order valence-electron chi connectivity index (χ3n) is 3.83. The summed E-state index contributed by atoms with van der Waals surface area (Å²) in [6.07, 6.45) is 7.72. The molecule has 1 rings (SSSR count). The third-order valence-corrected chi connectivity index (χ3v) is 3.83. The third kappa shape index (κ3) is 6.30. The Morgan fingerprint density at radius 2 is 2.00 bits per heavy atom. The summed E-state index contributed by atoms with van der Waals surface area (Å²) in [6.45, 7) is 9.93. The van der Waals surface area contributed by atoms with Crippen LogP contribution in [0.3, 0.4) is 0 Å². The van der Waals surface area contributed by atoms with Gasteiger partial charge in [0.1, 0.15) is 0 Å². The van der Waals surface area contributed by atoms with E-state index in [1.165, 1.54) is 0 Å². The highest BCUT2D eigenvalue weighted by Crippen LogP contribution is 2.39. The second kappa shape index (κ2) is 7.99. The molecule has 1 aliphatic rings. The van der Waals surface area contributed by atoms with Gasteiger partial charge in [0, 0.05) is 17.1 Å². The number of aliphatic hydroxyl groups is 1. The van der Waals surface area contributed by atoms with Gasteiger partial charge < -0.3 is 10.2 Å². The Labute approximate surface area is 139 Å². The molecule has 0 radical (unpaired) electrons. The van der Waals surface area contributed by atoms with Crippen molar-refractivity contribution in [2.45, 2.75) is 53.6 Å². The van der Waals surface area contributed by atoms with E-state index in [1.807, 2.05) is 19.9 Å². The van der Waals surface area contributed by atoms with E-state index in [0.29, 0.717) is 12.0 Å². The Hall–Kier alpha value is -2.05. The standard InChI is InChI=1S/C20H26O3/c1-14(7-6-8-15(2)11-19(22)23)9-10-18-16(3)12-17(21)13-20(18,4)5/h6-8,11,17,21H,12-13H2,1-5H3,(H,22,23)/t17-/m1/s1. The first-order valence-corrected chi connectivity index (χ1v) is 7.78. The highest BCUT2D eigenvalue weighted by molar-refractivity contribution is 5.81. The molecular weight excluding hydrogens is 288 g/mol.